The monoisotopic (exact) mass is 394 g/mol. The maximum Gasteiger partial charge on any atom is 0.253 e. The molecule has 0 saturated carbocycles. The van der Waals surface area contributed by atoms with Gasteiger partial charge in [0.1, 0.15) is 10.0 Å². The largest absolute Gasteiger partial charge is 0.338 e. The lowest BCUT2D eigenvalue weighted by Crippen LogP contribution is -2.39. The molecule has 2 heterocycles. The summed E-state index contributed by atoms with van der Waals surface area (Å²) in [6.45, 7) is 3.24. The minimum atomic E-state index is -3.49. The van der Waals surface area contributed by atoms with E-state index in [1.165, 1.54) is 26.2 Å². The second kappa shape index (κ2) is 7.42. The second-order valence-corrected chi connectivity index (χ2v) is 9.93. The zero-order valence-electron chi connectivity index (χ0n) is 15.0. The minimum Gasteiger partial charge on any atom is -0.338 e. The fraction of sp³-hybridized carbons (Fsp3) is 0.471. The van der Waals surface area contributed by atoms with Gasteiger partial charge in [-0.15, -0.1) is 21.5 Å². The van der Waals surface area contributed by atoms with E-state index in [0.717, 1.165) is 27.2 Å². The van der Waals surface area contributed by atoms with Crippen molar-refractivity contribution in [1.82, 2.24) is 19.4 Å². The van der Waals surface area contributed by atoms with Crippen LogP contribution in [0, 0.1) is 6.92 Å². The summed E-state index contributed by atoms with van der Waals surface area (Å²) in [4.78, 5) is 14.8. The van der Waals surface area contributed by atoms with Crippen molar-refractivity contribution < 1.29 is 13.2 Å². The highest BCUT2D eigenvalue weighted by atomic mass is 32.2. The van der Waals surface area contributed by atoms with E-state index >= 15 is 0 Å². The zero-order valence-corrected chi connectivity index (χ0v) is 16.7. The third-order valence-corrected chi connectivity index (χ3v) is 7.31. The Balaban J connectivity index is 1.74. The van der Waals surface area contributed by atoms with Crippen LogP contribution < -0.4 is 0 Å². The summed E-state index contributed by atoms with van der Waals surface area (Å²) in [6.07, 6.45) is 1.92. The van der Waals surface area contributed by atoms with Gasteiger partial charge in [0.25, 0.3) is 5.91 Å². The third kappa shape index (κ3) is 3.79. The van der Waals surface area contributed by atoms with Gasteiger partial charge in [-0.2, -0.15) is 0 Å². The Labute approximate surface area is 157 Å². The van der Waals surface area contributed by atoms with Gasteiger partial charge < -0.3 is 4.90 Å². The van der Waals surface area contributed by atoms with Crippen LogP contribution in [0.25, 0.3) is 0 Å². The Bertz CT molecular complexity index is 891. The first kappa shape index (κ1) is 18.9. The highest BCUT2D eigenvalue weighted by Gasteiger charge is 2.28. The van der Waals surface area contributed by atoms with E-state index in [0.29, 0.717) is 18.7 Å². The molecular weight excluding hydrogens is 372 g/mol. The number of benzene rings is 1. The topological polar surface area (TPSA) is 83.5 Å². The molecule has 1 fully saturated rings. The minimum absolute atomic E-state index is 0.0789. The van der Waals surface area contributed by atoms with Gasteiger partial charge in [0, 0.05) is 38.7 Å². The zero-order chi connectivity index (χ0) is 18.9. The lowest BCUT2D eigenvalue weighted by molar-refractivity contribution is 0.0706. The normalized spacial score (nSPS) is 18.3. The van der Waals surface area contributed by atoms with Crippen LogP contribution in [0.5, 0.6) is 0 Å². The highest BCUT2D eigenvalue weighted by molar-refractivity contribution is 7.89. The molecule has 9 heteroatoms. The summed E-state index contributed by atoms with van der Waals surface area (Å²) in [6, 6.07) is 6.13. The van der Waals surface area contributed by atoms with Crippen molar-refractivity contribution in [3.63, 3.8) is 0 Å². The maximum absolute atomic E-state index is 12.8. The molecular formula is C17H22N4O3S2. The molecule has 2 aromatic rings. The van der Waals surface area contributed by atoms with Gasteiger partial charge in [-0.1, -0.05) is 0 Å². The predicted molar refractivity (Wildman–Crippen MR) is 99.8 cm³/mol. The molecule has 3 rings (SSSR count). The van der Waals surface area contributed by atoms with Crippen molar-refractivity contribution in [2.24, 2.45) is 0 Å². The van der Waals surface area contributed by atoms with E-state index in [-0.39, 0.29) is 16.7 Å². The number of piperidine rings is 1. The molecule has 1 saturated heterocycles. The van der Waals surface area contributed by atoms with Gasteiger partial charge in [0.15, 0.2) is 0 Å². The van der Waals surface area contributed by atoms with Gasteiger partial charge in [-0.05, 0) is 44.0 Å². The molecule has 1 atom stereocenters. The molecule has 1 aliphatic heterocycles. The lowest BCUT2D eigenvalue weighted by Gasteiger charge is -2.31. The molecule has 1 aromatic carbocycles. The molecule has 1 aromatic heterocycles. The molecule has 1 unspecified atom stereocenters. The molecule has 0 spiro atoms. The van der Waals surface area contributed by atoms with E-state index in [2.05, 4.69) is 10.2 Å². The van der Waals surface area contributed by atoms with E-state index in [9.17, 15) is 13.2 Å². The van der Waals surface area contributed by atoms with Crippen LogP contribution in [0.2, 0.25) is 0 Å². The number of hydrogen-bond acceptors (Lipinski definition) is 6. The fourth-order valence-corrected chi connectivity index (χ4v) is 4.73. The first-order chi connectivity index (χ1) is 12.3. The van der Waals surface area contributed by atoms with Crippen LogP contribution in [0.1, 0.15) is 39.1 Å². The van der Waals surface area contributed by atoms with E-state index in [1.54, 1.807) is 23.5 Å². The van der Waals surface area contributed by atoms with Crippen molar-refractivity contribution in [3.8, 4) is 0 Å². The van der Waals surface area contributed by atoms with E-state index in [1.807, 2.05) is 11.8 Å². The summed E-state index contributed by atoms with van der Waals surface area (Å²) < 4.78 is 25.4. The SMILES string of the molecule is Cc1nnc(C2CCCN(C(=O)c3ccc(S(=O)(=O)N(C)C)cc3)C2)s1. The number of hydrogen-bond donors (Lipinski definition) is 0. The first-order valence-electron chi connectivity index (χ1n) is 8.41. The van der Waals surface area contributed by atoms with Gasteiger partial charge in [-0.25, -0.2) is 12.7 Å². The smallest absolute Gasteiger partial charge is 0.253 e. The number of likely N-dealkylation sites (tertiary alicyclic amines) is 1. The number of amides is 1. The van der Waals surface area contributed by atoms with Gasteiger partial charge in [-0.3, -0.25) is 4.79 Å². The molecule has 0 radical (unpaired) electrons. The van der Waals surface area contributed by atoms with E-state index in [4.69, 9.17) is 0 Å². The second-order valence-electron chi connectivity index (χ2n) is 6.56. The molecule has 26 heavy (non-hydrogen) atoms. The Kier molecular flexibility index (Phi) is 5.40. The van der Waals surface area contributed by atoms with Crippen LogP contribution in [0.3, 0.4) is 0 Å². The number of rotatable bonds is 4. The van der Waals surface area contributed by atoms with Crippen LogP contribution >= 0.6 is 11.3 Å². The van der Waals surface area contributed by atoms with Crippen molar-refractivity contribution in [3.05, 3.63) is 39.8 Å². The van der Waals surface area contributed by atoms with Crippen molar-refractivity contribution >= 4 is 27.3 Å². The summed E-state index contributed by atoms with van der Waals surface area (Å²) >= 11 is 1.58. The lowest BCUT2D eigenvalue weighted by atomic mass is 9.98. The Morgan fingerprint density at radius 2 is 1.92 bits per heavy atom. The summed E-state index contributed by atoms with van der Waals surface area (Å²) in [5.41, 5.74) is 0.497. The van der Waals surface area contributed by atoms with Crippen molar-refractivity contribution in [2.45, 2.75) is 30.6 Å². The molecule has 1 amide bonds. The Morgan fingerprint density at radius 1 is 1.23 bits per heavy atom. The summed E-state index contributed by atoms with van der Waals surface area (Å²) in [7, 11) is -0.525. The molecule has 0 aliphatic carbocycles. The number of nitrogens with zero attached hydrogens (tertiary/aromatic N) is 4. The molecule has 7 nitrogen and oxygen atoms in total. The molecule has 0 N–H and O–H groups in total. The van der Waals surface area contributed by atoms with Crippen LogP contribution in [-0.4, -0.2) is 60.9 Å². The number of aryl methyl sites for hydroxylation is 1. The molecule has 140 valence electrons. The number of carbonyl (C=O) groups excluding carboxylic acids is 1. The third-order valence-electron chi connectivity index (χ3n) is 4.48. The first-order valence-corrected chi connectivity index (χ1v) is 10.7. The van der Waals surface area contributed by atoms with Crippen LogP contribution in [-0.2, 0) is 10.0 Å². The van der Waals surface area contributed by atoms with Crippen molar-refractivity contribution in [2.75, 3.05) is 27.2 Å². The van der Waals surface area contributed by atoms with E-state index < -0.39 is 10.0 Å². The van der Waals surface area contributed by atoms with Crippen molar-refractivity contribution in [1.29, 1.82) is 0 Å². The Hall–Kier alpha value is -1.84. The maximum atomic E-state index is 12.8. The van der Waals surface area contributed by atoms with Crippen LogP contribution in [0.4, 0.5) is 0 Å². The predicted octanol–water partition coefficient (Wildman–Crippen LogP) is 2.12. The number of aromatic nitrogens is 2. The number of sulfonamides is 1. The highest BCUT2D eigenvalue weighted by Crippen LogP contribution is 2.29. The van der Waals surface area contributed by atoms with Gasteiger partial charge >= 0.3 is 0 Å². The summed E-state index contributed by atoms with van der Waals surface area (Å²) in [5, 5.41) is 10.2. The fourth-order valence-electron chi connectivity index (χ4n) is 3.00. The average Bonchev–Trinajstić information content (AvgIpc) is 3.07. The quantitative estimate of drug-likeness (QED) is 0.793. The van der Waals surface area contributed by atoms with Gasteiger partial charge in [0.05, 0.1) is 4.90 Å². The van der Waals surface area contributed by atoms with Gasteiger partial charge in [0.2, 0.25) is 10.0 Å². The molecule has 0 bridgehead atoms. The molecule has 1 aliphatic rings. The standard InChI is InChI=1S/C17H22N4O3S2/c1-12-18-19-16(25-12)14-5-4-10-21(11-14)17(22)13-6-8-15(9-7-13)26(23,24)20(2)3/h6-9,14H,4-5,10-11H2,1-3H3. The Morgan fingerprint density at radius 3 is 2.50 bits per heavy atom. The average molecular weight is 395 g/mol. The number of carbonyl (C=O) groups is 1. The van der Waals surface area contributed by atoms with Crippen LogP contribution in [0.15, 0.2) is 29.2 Å². The summed E-state index contributed by atoms with van der Waals surface area (Å²) in [5.74, 6) is 0.136.